The first-order chi connectivity index (χ1) is 13.8. The molecular weight excluding hydrogens is 366 g/mol. The third-order valence-electron chi connectivity index (χ3n) is 4.25. The van der Waals surface area contributed by atoms with Crippen LogP contribution >= 0.6 is 0 Å². The Morgan fingerprint density at radius 1 is 0.931 bits per heavy atom. The number of nitrogens with one attached hydrogen (secondary N) is 2. The molecule has 4 N–H and O–H groups in total. The zero-order chi connectivity index (χ0) is 21.4. The maximum absolute atomic E-state index is 11.0. The van der Waals surface area contributed by atoms with Crippen LogP contribution in [-0.2, 0) is 0 Å². The van der Waals surface area contributed by atoms with Crippen LogP contribution in [0.1, 0.15) is 34.0 Å². The molecule has 0 aliphatic rings. The monoisotopic (exact) mass is 393 g/mol. The van der Waals surface area contributed by atoms with E-state index in [0.717, 1.165) is 28.3 Å². The van der Waals surface area contributed by atoms with Gasteiger partial charge in [0.05, 0.1) is 5.56 Å². The average molecular weight is 393 g/mol. The van der Waals surface area contributed by atoms with Gasteiger partial charge in [-0.25, -0.2) is 9.78 Å². The van der Waals surface area contributed by atoms with Crippen LogP contribution < -0.4 is 10.6 Å². The lowest BCUT2D eigenvalue weighted by Gasteiger charge is -2.14. The molecule has 0 bridgehead atoms. The van der Waals surface area contributed by atoms with E-state index in [-0.39, 0.29) is 12.2 Å². The summed E-state index contributed by atoms with van der Waals surface area (Å²) in [5, 5.41) is 23.1. The zero-order valence-electron chi connectivity index (χ0n) is 17.2. The van der Waals surface area contributed by atoms with Gasteiger partial charge < -0.3 is 20.8 Å². The van der Waals surface area contributed by atoms with Crippen LogP contribution in [-0.4, -0.2) is 27.8 Å². The Bertz CT molecular complexity index is 952. The van der Waals surface area contributed by atoms with Crippen molar-refractivity contribution in [3.8, 4) is 0 Å². The molecule has 152 valence electrons. The van der Waals surface area contributed by atoms with Gasteiger partial charge in [0, 0.05) is 18.0 Å². The molecule has 3 aromatic rings. The number of anilines is 4. The van der Waals surface area contributed by atoms with Gasteiger partial charge in [-0.05, 0) is 81.3 Å². The summed E-state index contributed by atoms with van der Waals surface area (Å²) in [4.78, 5) is 15.6. The number of aromatic nitrogens is 1. The van der Waals surface area contributed by atoms with Gasteiger partial charge in [-0.3, -0.25) is 0 Å². The largest absolute Gasteiger partial charge is 0.478 e. The summed E-state index contributed by atoms with van der Waals surface area (Å²) in [5.74, 6) is 0.551. The second kappa shape index (κ2) is 10.2. The normalized spacial score (nSPS) is 9.97. The number of aryl methyl sites for hydroxylation is 2. The number of carboxylic acid groups (broad SMARTS) is 1. The lowest BCUT2D eigenvalue weighted by Crippen LogP contribution is -2.03. The first kappa shape index (κ1) is 21.9. The number of carboxylic acids is 1. The smallest absolute Gasteiger partial charge is 0.335 e. The minimum atomic E-state index is -0.939. The number of aliphatic hydroxyl groups excluding tert-OH is 1. The van der Waals surface area contributed by atoms with Crippen molar-refractivity contribution in [3.05, 3.63) is 76.9 Å². The van der Waals surface area contributed by atoms with Crippen LogP contribution in [0.25, 0.3) is 0 Å². The summed E-state index contributed by atoms with van der Waals surface area (Å²) >= 11 is 0. The molecule has 2 aromatic carbocycles. The Kier molecular flexibility index (Phi) is 7.74. The molecule has 0 unspecified atom stereocenters. The fraction of sp³-hybridized carbons (Fsp3) is 0.217. The molecule has 0 aliphatic heterocycles. The van der Waals surface area contributed by atoms with Gasteiger partial charge in [0.2, 0.25) is 0 Å². The third kappa shape index (κ3) is 6.33. The Morgan fingerprint density at radius 3 is 2.00 bits per heavy atom. The van der Waals surface area contributed by atoms with Crippen LogP contribution in [0.5, 0.6) is 0 Å². The van der Waals surface area contributed by atoms with Gasteiger partial charge in [-0.15, -0.1) is 0 Å². The second-order valence-electron chi connectivity index (χ2n) is 6.61. The molecule has 6 heteroatoms. The summed E-state index contributed by atoms with van der Waals surface area (Å²) in [6.45, 7) is 8.05. The van der Waals surface area contributed by atoms with E-state index in [1.807, 2.05) is 32.0 Å². The van der Waals surface area contributed by atoms with Gasteiger partial charge >= 0.3 is 5.97 Å². The maximum atomic E-state index is 11.0. The summed E-state index contributed by atoms with van der Waals surface area (Å²) < 4.78 is 0. The van der Waals surface area contributed by atoms with E-state index in [4.69, 9.17) is 10.2 Å². The van der Waals surface area contributed by atoms with Crippen molar-refractivity contribution in [2.24, 2.45) is 0 Å². The van der Waals surface area contributed by atoms with E-state index in [1.165, 1.54) is 5.56 Å². The van der Waals surface area contributed by atoms with Gasteiger partial charge in [0.15, 0.2) is 0 Å². The molecule has 0 radical (unpaired) electrons. The van der Waals surface area contributed by atoms with E-state index < -0.39 is 5.97 Å². The van der Waals surface area contributed by atoms with Crippen LogP contribution in [0.4, 0.5) is 23.0 Å². The van der Waals surface area contributed by atoms with Crippen molar-refractivity contribution in [2.45, 2.75) is 27.7 Å². The molecule has 0 aliphatic carbocycles. The molecule has 0 fully saturated rings. The molecule has 0 saturated heterocycles. The number of carbonyl (C=O) groups is 1. The van der Waals surface area contributed by atoms with E-state index in [2.05, 4.69) is 34.7 Å². The zero-order valence-corrected chi connectivity index (χ0v) is 17.2. The van der Waals surface area contributed by atoms with Crippen molar-refractivity contribution in [2.75, 3.05) is 17.2 Å². The molecule has 0 amide bonds. The summed E-state index contributed by atoms with van der Waals surface area (Å²) in [6, 6.07) is 16.7. The highest BCUT2D eigenvalue weighted by Gasteiger charge is 2.08. The van der Waals surface area contributed by atoms with Gasteiger partial charge in [-0.1, -0.05) is 17.7 Å². The highest BCUT2D eigenvalue weighted by atomic mass is 16.4. The predicted molar refractivity (Wildman–Crippen MR) is 118 cm³/mol. The summed E-state index contributed by atoms with van der Waals surface area (Å²) in [5.41, 5.74) is 5.42. The first-order valence-electron chi connectivity index (χ1n) is 9.37. The van der Waals surface area contributed by atoms with Crippen LogP contribution in [0, 0.1) is 20.8 Å². The van der Waals surface area contributed by atoms with Gasteiger partial charge in [0.25, 0.3) is 0 Å². The third-order valence-corrected chi connectivity index (χ3v) is 4.25. The van der Waals surface area contributed by atoms with E-state index >= 15 is 0 Å². The van der Waals surface area contributed by atoms with Gasteiger partial charge in [0.1, 0.15) is 11.6 Å². The second-order valence-corrected chi connectivity index (χ2v) is 6.61. The minimum absolute atomic E-state index is 0.250. The highest BCUT2D eigenvalue weighted by Crippen LogP contribution is 2.26. The maximum Gasteiger partial charge on any atom is 0.335 e. The lowest BCUT2D eigenvalue weighted by molar-refractivity contribution is 0.0697. The number of nitrogens with zero attached hydrogens (tertiary/aromatic N) is 1. The van der Waals surface area contributed by atoms with Crippen LogP contribution in [0.3, 0.4) is 0 Å². The molecular formula is C23H27N3O3. The quantitative estimate of drug-likeness (QED) is 0.476. The summed E-state index contributed by atoms with van der Waals surface area (Å²) in [6.07, 6.45) is 0. The van der Waals surface area contributed by atoms with E-state index in [0.29, 0.717) is 5.82 Å². The predicted octanol–water partition coefficient (Wildman–Crippen LogP) is 5.19. The number of hydrogen-bond donors (Lipinski definition) is 4. The number of benzene rings is 2. The number of pyridine rings is 1. The van der Waals surface area contributed by atoms with Crippen LogP contribution in [0.2, 0.25) is 0 Å². The highest BCUT2D eigenvalue weighted by molar-refractivity contribution is 5.88. The molecule has 0 spiro atoms. The SMILES string of the molecule is CCO.Cc1ccc(Nc2nc(Nc3ccc(C(=O)O)cc3)cc(C)c2C)cc1. The van der Waals surface area contributed by atoms with Crippen molar-refractivity contribution in [1.82, 2.24) is 4.98 Å². The average Bonchev–Trinajstić information content (AvgIpc) is 2.68. The Labute approximate surface area is 171 Å². The number of rotatable bonds is 5. The molecule has 1 aromatic heterocycles. The van der Waals surface area contributed by atoms with Crippen molar-refractivity contribution in [3.63, 3.8) is 0 Å². The fourth-order valence-corrected chi connectivity index (χ4v) is 2.54. The number of aromatic carboxylic acids is 1. The molecule has 1 heterocycles. The first-order valence-corrected chi connectivity index (χ1v) is 9.37. The Morgan fingerprint density at radius 2 is 1.45 bits per heavy atom. The van der Waals surface area contributed by atoms with E-state index in [9.17, 15) is 4.79 Å². The topological polar surface area (TPSA) is 94.5 Å². The number of aliphatic hydroxyl groups is 1. The lowest BCUT2D eigenvalue weighted by atomic mass is 10.1. The standard InChI is InChI=1S/C21H21N3O2.C2H6O/c1-13-4-8-18(9-5-13)23-20-15(3)14(2)12-19(24-20)22-17-10-6-16(7-11-17)21(25)26;1-2-3/h4-12H,1-3H3,(H,25,26)(H2,22,23,24);3H,2H2,1H3. The molecule has 0 saturated carbocycles. The van der Waals surface area contributed by atoms with Crippen LogP contribution in [0.15, 0.2) is 54.6 Å². The van der Waals surface area contributed by atoms with Crippen molar-refractivity contribution >= 4 is 29.0 Å². The van der Waals surface area contributed by atoms with Crippen molar-refractivity contribution in [1.29, 1.82) is 0 Å². The Balaban J connectivity index is 0.000000941. The molecule has 0 atom stereocenters. The van der Waals surface area contributed by atoms with E-state index in [1.54, 1.807) is 31.2 Å². The molecule has 29 heavy (non-hydrogen) atoms. The number of hydrogen-bond acceptors (Lipinski definition) is 5. The minimum Gasteiger partial charge on any atom is -0.478 e. The molecule has 3 rings (SSSR count). The molecule has 6 nitrogen and oxygen atoms in total. The Hall–Kier alpha value is -3.38. The fourth-order valence-electron chi connectivity index (χ4n) is 2.54. The van der Waals surface area contributed by atoms with Gasteiger partial charge in [-0.2, -0.15) is 0 Å². The summed E-state index contributed by atoms with van der Waals surface area (Å²) in [7, 11) is 0. The van der Waals surface area contributed by atoms with Crippen molar-refractivity contribution < 1.29 is 15.0 Å².